The first-order valence-corrected chi connectivity index (χ1v) is 5.32. The Balaban J connectivity index is 3.01. The Morgan fingerprint density at radius 1 is 1.56 bits per heavy atom. The van der Waals surface area contributed by atoms with Gasteiger partial charge in [0, 0.05) is 23.9 Å². The second-order valence-corrected chi connectivity index (χ2v) is 4.18. The zero-order valence-electron chi connectivity index (χ0n) is 10.5. The van der Waals surface area contributed by atoms with Gasteiger partial charge in [0.25, 0.3) is 5.69 Å². The van der Waals surface area contributed by atoms with E-state index in [1.165, 1.54) is 11.1 Å². The molecule has 0 amide bonds. The number of hydrogen-bond acceptors (Lipinski definition) is 5. The van der Waals surface area contributed by atoms with Crippen molar-refractivity contribution in [3.63, 3.8) is 0 Å². The highest BCUT2D eigenvalue weighted by Gasteiger charge is 2.19. The van der Waals surface area contributed by atoms with Crippen molar-refractivity contribution in [1.82, 2.24) is 9.88 Å². The molecule has 1 N–H and O–H groups in total. The molecule has 7 nitrogen and oxygen atoms in total. The first-order chi connectivity index (χ1) is 8.32. The average molecular weight is 253 g/mol. The summed E-state index contributed by atoms with van der Waals surface area (Å²) in [4.78, 5) is 26.7. The van der Waals surface area contributed by atoms with E-state index < -0.39 is 10.9 Å². The number of aliphatic carboxylic acids is 1. The molecular weight excluding hydrogens is 238 g/mol. The highest BCUT2D eigenvalue weighted by Crippen LogP contribution is 2.24. The number of aromatic nitrogens is 1. The molecule has 98 valence electrons. The van der Waals surface area contributed by atoms with Crippen LogP contribution in [0.2, 0.25) is 0 Å². The normalized spacial score (nSPS) is 10.7. The van der Waals surface area contributed by atoms with E-state index in [0.29, 0.717) is 16.8 Å². The fourth-order valence-corrected chi connectivity index (χ4v) is 1.75. The topological polar surface area (TPSA) is 96.6 Å². The lowest BCUT2D eigenvalue weighted by molar-refractivity contribution is -0.386. The van der Waals surface area contributed by atoms with Gasteiger partial charge in [-0.3, -0.25) is 24.8 Å². The number of pyridine rings is 1. The maximum absolute atomic E-state index is 10.9. The van der Waals surface area contributed by atoms with Crippen molar-refractivity contribution in [2.45, 2.75) is 20.4 Å². The maximum atomic E-state index is 10.9. The summed E-state index contributed by atoms with van der Waals surface area (Å²) in [5.41, 5.74) is 1.55. The molecule has 0 aliphatic rings. The van der Waals surface area contributed by atoms with Crippen LogP contribution in [0.25, 0.3) is 0 Å². The number of nitrogens with zero attached hydrogens (tertiary/aromatic N) is 3. The van der Waals surface area contributed by atoms with E-state index in [1.54, 1.807) is 20.9 Å². The second kappa shape index (κ2) is 5.54. The third-order valence-corrected chi connectivity index (χ3v) is 2.58. The average Bonchev–Trinajstić information content (AvgIpc) is 2.20. The van der Waals surface area contributed by atoms with Crippen LogP contribution in [0.15, 0.2) is 6.20 Å². The first-order valence-electron chi connectivity index (χ1n) is 5.32. The smallest absolute Gasteiger partial charge is 0.317 e. The van der Waals surface area contributed by atoms with Crippen LogP contribution in [-0.2, 0) is 11.3 Å². The predicted molar refractivity (Wildman–Crippen MR) is 64.3 cm³/mol. The fourth-order valence-electron chi connectivity index (χ4n) is 1.75. The fraction of sp³-hybridized carbons (Fsp3) is 0.455. The zero-order chi connectivity index (χ0) is 13.9. The summed E-state index contributed by atoms with van der Waals surface area (Å²) in [7, 11) is 1.63. The van der Waals surface area contributed by atoms with Gasteiger partial charge < -0.3 is 5.11 Å². The minimum absolute atomic E-state index is 0.0451. The van der Waals surface area contributed by atoms with Crippen molar-refractivity contribution in [3.8, 4) is 0 Å². The monoisotopic (exact) mass is 253 g/mol. The highest BCUT2D eigenvalue weighted by atomic mass is 16.6. The molecule has 1 aromatic heterocycles. The minimum atomic E-state index is -0.947. The lowest BCUT2D eigenvalue weighted by atomic mass is 10.1. The van der Waals surface area contributed by atoms with Crippen LogP contribution in [-0.4, -0.2) is 39.5 Å². The van der Waals surface area contributed by atoms with Crippen LogP contribution >= 0.6 is 0 Å². The Labute approximate surface area is 104 Å². The molecule has 0 saturated heterocycles. The largest absolute Gasteiger partial charge is 0.480 e. The number of hydrogen-bond donors (Lipinski definition) is 1. The van der Waals surface area contributed by atoms with Gasteiger partial charge in [-0.2, -0.15) is 0 Å². The van der Waals surface area contributed by atoms with Crippen molar-refractivity contribution < 1.29 is 14.8 Å². The Hall–Kier alpha value is -2.02. The summed E-state index contributed by atoms with van der Waals surface area (Å²) in [6.07, 6.45) is 1.44. The van der Waals surface area contributed by atoms with E-state index in [4.69, 9.17) is 5.11 Å². The molecule has 0 saturated carbocycles. The Bertz CT molecular complexity index is 487. The predicted octanol–water partition coefficient (Wildman–Crippen LogP) is 1.12. The number of carbonyl (C=O) groups is 1. The molecule has 0 radical (unpaired) electrons. The molecule has 0 atom stereocenters. The van der Waals surface area contributed by atoms with Gasteiger partial charge >= 0.3 is 5.97 Å². The molecule has 0 bridgehead atoms. The van der Waals surface area contributed by atoms with E-state index in [0.717, 1.165) is 0 Å². The van der Waals surface area contributed by atoms with Crippen LogP contribution < -0.4 is 0 Å². The molecule has 1 heterocycles. The first kappa shape index (κ1) is 14.0. The Kier molecular flexibility index (Phi) is 4.33. The quantitative estimate of drug-likeness (QED) is 0.624. The molecule has 1 rings (SSSR count). The SMILES string of the molecule is Cc1cnc(CN(C)CC(=O)O)c(C)c1[N+](=O)[O-]. The van der Waals surface area contributed by atoms with Crippen LogP contribution in [0.3, 0.4) is 0 Å². The molecule has 0 spiro atoms. The molecule has 0 aliphatic carbocycles. The summed E-state index contributed by atoms with van der Waals surface area (Å²) < 4.78 is 0. The lowest BCUT2D eigenvalue weighted by Gasteiger charge is -2.15. The molecule has 7 heteroatoms. The zero-order valence-corrected chi connectivity index (χ0v) is 10.5. The van der Waals surface area contributed by atoms with Gasteiger partial charge in [-0.25, -0.2) is 0 Å². The van der Waals surface area contributed by atoms with E-state index in [2.05, 4.69) is 4.98 Å². The van der Waals surface area contributed by atoms with Gasteiger partial charge in [0.05, 0.1) is 17.2 Å². The van der Waals surface area contributed by atoms with Gasteiger partial charge in [0.2, 0.25) is 0 Å². The van der Waals surface area contributed by atoms with Crippen molar-refractivity contribution in [1.29, 1.82) is 0 Å². The molecule has 0 aliphatic heterocycles. The van der Waals surface area contributed by atoms with Gasteiger partial charge in [0.1, 0.15) is 0 Å². The lowest BCUT2D eigenvalue weighted by Crippen LogP contribution is -2.26. The summed E-state index contributed by atoms with van der Waals surface area (Å²) in [6, 6.07) is 0. The number of nitro groups is 1. The Morgan fingerprint density at radius 3 is 2.67 bits per heavy atom. The molecule has 0 unspecified atom stereocenters. The van der Waals surface area contributed by atoms with Crippen molar-refractivity contribution in [3.05, 3.63) is 33.1 Å². The Morgan fingerprint density at radius 2 is 2.17 bits per heavy atom. The molecule has 18 heavy (non-hydrogen) atoms. The van der Waals surface area contributed by atoms with Gasteiger partial charge in [0.15, 0.2) is 0 Å². The van der Waals surface area contributed by atoms with Crippen LogP contribution in [0.4, 0.5) is 5.69 Å². The molecule has 0 aromatic carbocycles. The van der Waals surface area contributed by atoms with Gasteiger partial charge in [-0.05, 0) is 20.9 Å². The molecular formula is C11H15N3O4. The van der Waals surface area contributed by atoms with Crippen LogP contribution in [0, 0.1) is 24.0 Å². The number of carboxylic acid groups (broad SMARTS) is 1. The summed E-state index contributed by atoms with van der Waals surface area (Å²) in [5.74, 6) is -0.947. The van der Waals surface area contributed by atoms with Gasteiger partial charge in [-0.15, -0.1) is 0 Å². The van der Waals surface area contributed by atoms with Crippen LogP contribution in [0.5, 0.6) is 0 Å². The van der Waals surface area contributed by atoms with E-state index in [-0.39, 0.29) is 18.8 Å². The highest BCUT2D eigenvalue weighted by molar-refractivity contribution is 5.69. The van der Waals surface area contributed by atoms with Gasteiger partial charge in [-0.1, -0.05) is 0 Å². The van der Waals surface area contributed by atoms with Crippen molar-refractivity contribution in [2.75, 3.05) is 13.6 Å². The summed E-state index contributed by atoms with van der Waals surface area (Å²) in [5, 5.41) is 19.6. The van der Waals surface area contributed by atoms with Crippen molar-refractivity contribution in [2.24, 2.45) is 0 Å². The molecule has 1 aromatic rings. The number of aryl methyl sites for hydroxylation is 1. The summed E-state index contributed by atoms with van der Waals surface area (Å²) >= 11 is 0. The van der Waals surface area contributed by atoms with Crippen LogP contribution in [0.1, 0.15) is 16.8 Å². The van der Waals surface area contributed by atoms with E-state index in [9.17, 15) is 14.9 Å². The van der Waals surface area contributed by atoms with E-state index in [1.807, 2.05) is 0 Å². The standard InChI is InChI=1S/C11H15N3O4/c1-7-4-12-9(5-13(3)6-10(15)16)8(2)11(7)14(17)18/h4H,5-6H2,1-3H3,(H,15,16). The minimum Gasteiger partial charge on any atom is -0.480 e. The third kappa shape index (κ3) is 3.24. The maximum Gasteiger partial charge on any atom is 0.317 e. The number of carboxylic acids is 1. The summed E-state index contributed by atoms with van der Waals surface area (Å²) in [6.45, 7) is 3.38. The third-order valence-electron chi connectivity index (χ3n) is 2.58. The van der Waals surface area contributed by atoms with E-state index >= 15 is 0 Å². The number of rotatable bonds is 5. The molecule has 0 fully saturated rings. The number of likely N-dealkylation sites (N-methyl/N-ethyl adjacent to an activating group) is 1. The van der Waals surface area contributed by atoms with Crippen molar-refractivity contribution >= 4 is 11.7 Å². The second-order valence-electron chi connectivity index (χ2n) is 4.18.